The largest absolute Gasteiger partial charge is 0.366 e. The Labute approximate surface area is 128 Å². The fourth-order valence-electron chi connectivity index (χ4n) is 2.43. The van der Waals surface area contributed by atoms with Crippen molar-refractivity contribution in [3.8, 4) is 0 Å². The topological polar surface area (TPSA) is 84.0 Å². The number of hydrogen-bond donors (Lipinski definition) is 1. The van der Waals surface area contributed by atoms with Gasteiger partial charge in [0.15, 0.2) is 5.82 Å². The molecule has 3 rings (SSSR count). The molecule has 1 N–H and O–H groups in total. The van der Waals surface area contributed by atoms with Gasteiger partial charge in [0.25, 0.3) is 0 Å². The van der Waals surface area contributed by atoms with Gasteiger partial charge in [-0.25, -0.2) is 4.98 Å². The van der Waals surface area contributed by atoms with E-state index >= 15 is 0 Å². The number of aromatic amines is 1. The van der Waals surface area contributed by atoms with Gasteiger partial charge in [0, 0.05) is 25.4 Å². The van der Waals surface area contributed by atoms with E-state index in [4.69, 9.17) is 4.74 Å². The highest BCUT2D eigenvalue weighted by molar-refractivity contribution is 5.78. The first-order valence-electron chi connectivity index (χ1n) is 7.45. The molecule has 116 valence electrons. The lowest BCUT2D eigenvalue weighted by Crippen LogP contribution is -2.43. The van der Waals surface area contributed by atoms with Gasteiger partial charge in [-0.15, -0.1) is 0 Å². The molecule has 2 aromatic heterocycles. The first-order chi connectivity index (χ1) is 10.8. The van der Waals surface area contributed by atoms with Crippen LogP contribution in [0, 0.1) is 0 Å². The smallest absolute Gasteiger partial charge is 0.227 e. The third kappa shape index (κ3) is 3.30. The SMILES string of the molecule is CCc1nc(C2CN(C(=O)Cc3cccnc3)CCO2)n[nH]1. The number of nitrogens with zero attached hydrogens (tertiary/aromatic N) is 4. The van der Waals surface area contributed by atoms with Crippen molar-refractivity contribution >= 4 is 5.91 Å². The molecule has 1 unspecified atom stereocenters. The second-order valence-electron chi connectivity index (χ2n) is 5.23. The number of pyridine rings is 1. The van der Waals surface area contributed by atoms with Crippen molar-refractivity contribution in [3.05, 3.63) is 41.7 Å². The summed E-state index contributed by atoms with van der Waals surface area (Å²) >= 11 is 0. The Bertz CT molecular complexity index is 628. The van der Waals surface area contributed by atoms with Gasteiger partial charge in [-0.2, -0.15) is 5.10 Å². The molecule has 1 fully saturated rings. The van der Waals surface area contributed by atoms with E-state index < -0.39 is 0 Å². The van der Waals surface area contributed by atoms with Crippen molar-refractivity contribution in [3.63, 3.8) is 0 Å². The van der Waals surface area contributed by atoms with Crippen molar-refractivity contribution in [1.29, 1.82) is 0 Å². The Morgan fingerprint density at radius 2 is 2.45 bits per heavy atom. The third-order valence-electron chi connectivity index (χ3n) is 3.67. The van der Waals surface area contributed by atoms with E-state index in [1.165, 1.54) is 0 Å². The summed E-state index contributed by atoms with van der Waals surface area (Å²) in [5.74, 6) is 1.53. The van der Waals surface area contributed by atoms with E-state index in [0.29, 0.717) is 31.9 Å². The summed E-state index contributed by atoms with van der Waals surface area (Å²) in [6.45, 7) is 3.59. The summed E-state index contributed by atoms with van der Waals surface area (Å²) in [6.07, 6.45) is 4.31. The molecule has 7 heteroatoms. The van der Waals surface area contributed by atoms with Crippen LogP contribution in [0.5, 0.6) is 0 Å². The molecule has 7 nitrogen and oxygen atoms in total. The minimum atomic E-state index is -0.261. The van der Waals surface area contributed by atoms with Crippen LogP contribution in [0.15, 0.2) is 24.5 Å². The lowest BCUT2D eigenvalue weighted by Gasteiger charge is -2.31. The molecular weight excluding hydrogens is 282 g/mol. The fraction of sp³-hybridized carbons (Fsp3) is 0.467. The zero-order valence-corrected chi connectivity index (χ0v) is 12.5. The Kier molecular flexibility index (Phi) is 4.43. The van der Waals surface area contributed by atoms with Crippen LogP contribution in [0.25, 0.3) is 0 Å². The van der Waals surface area contributed by atoms with Crippen molar-refractivity contribution in [2.45, 2.75) is 25.9 Å². The predicted molar refractivity (Wildman–Crippen MR) is 79.0 cm³/mol. The lowest BCUT2D eigenvalue weighted by atomic mass is 10.1. The summed E-state index contributed by atoms with van der Waals surface area (Å²) in [4.78, 5) is 22.6. The standard InChI is InChI=1S/C15H19N5O2/c1-2-13-17-15(19-18-13)12-10-20(6-7-22-12)14(21)8-11-4-3-5-16-9-11/h3-5,9,12H,2,6-8,10H2,1H3,(H,17,18,19). The highest BCUT2D eigenvalue weighted by Crippen LogP contribution is 2.19. The number of carbonyl (C=O) groups excluding carboxylic acids is 1. The van der Waals surface area contributed by atoms with Crippen molar-refractivity contribution in [1.82, 2.24) is 25.1 Å². The van der Waals surface area contributed by atoms with Gasteiger partial charge in [0.1, 0.15) is 11.9 Å². The van der Waals surface area contributed by atoms with E-state index in [9.17, 15) is 4.79 Å². The maximum absolute atomic E-state index is 12.4. The lowest BCUT2D eigenvalue weighted by molar-refractivity contribution is -0.138. The number of ether oxygens (including phenoxy) is 1. The van der Waals surface area contributed by atoms with Gasteiger partial charge in [0.2, 0.25) is 5.91 Å². The van der Waals surface area contributed by atoms with Crippen LogP contribution in [-0.4, -0.2) is 50.7 Å². The van der Waals surface area contributed by atoms with E-state index in [-0.39, 0.29) is 12.0 Å². The average molecular weight is 301 g/mol. The zero-order valence-electron chi connectivity index (χ0n) is 12.5. The molecule has 1 aliphatic heterocycles. The average Bonchev–Trinajstić information content (AvgIpc) is 3.05. The molecule has 3 heterocycles. The Morgan fingerprint density at radius 1 is 1.55 bits per heavy atom. The zero-order chi connectivity index (χ0) is 15.4. The number of aromatic nitrogens is 4. The number of hydrogen-bond acceptors (Lipinski definition) is 5. The Balaban J connectivity index is 1.63. The Morgan fingerprint density at radius 3 is 3.18 bits per heavy atom. The molecule has 1 amide bonds. The second kappa shape index (κ2) is 6.65. The van der Waals surface area contributed by atoms with E-state index in [1.807, 2.05) is 24.0 Å². The minimum Gasteiger partial charge on any atom is -0.366 e. The van der Waals surface area contributed by atoms with Gasteiger partial charge >= 0.3 is 0 Å². The second-order valence-corrected chi connectivity index (χ2v) is 5.23. The molecule has 0 bridgehead atoms. The summed E-state index contributed by atoms with van der Waals surface area (Å²) < 4.78 is 5.70. The summed E-state index contributed by atoms with van der Waals surface area (Å²) in [5, 5.41) is 7.06. The summed E-state index contributed by atoms with van der Waals surface area (Å²) in [7, 11) is 0. The number of rotatable bonds is 4. The van der Waals surface area contributed by atoms with Crippen molar-refractivity contribution < 1.29 is 9.53 Å². The molecule has 1 aliphatic rings. The van der Waals surface area contributed by atoms with Crippen LogP contribution < -0.4 is 0 Å². The maximum Gasteiger partial charge on any atom is 0.227 e. The number of nitrogens with one attached hydrogen (secondary N) is 1. The van der Waals surface area contributed by atoms with Gasteiger partial charge in [-0.05, 0) is 11.6 Å². The third-order valence-corrected chi connectivity index (χ3v) is 3.67. The number of H-pyrrole nitrogens is 1. The maximum atomic E-state index is 12.4. The fourth-order valence-corrected chi connectivity index (χ4v) is 2.43. The molecule has 0 saturated carbocycles. The van der Waals surface area contributed by atoms with Crippen LogP contribution in [0.3, 0.4) is 0 Å². The molecule has 2 aromatic rings. The van der Waals surface area contributed by atoms with E-state index in [1.54, 1.807) is 12.4 Å². The van der Waals surface area contributed by atoms with Gasteiger partial charge < -0.3 is 9.64 Å². The molecule has 1 atom stereocenters. The number of morpholine rings is 1. The van der Waals surface area contributed by atoms with Gasteiger partial charge in [-0.1, -0.05) is 13.0 Å². The molecule has 0 aromatic carbocycles. The monoisotopic (exact) mass is 301 g/mol. The highest BCUT2D eigenvalue weighted by Gasteiger charge is 2.28. The molecule has 1 saturated heterocycles. The van der Waals surface area contributed by atoms with E-state index in [0.717, 1.165) is 17.8 Å². The molecule has 0 radical (unpaired) electrons. The number of carbonyl (C=O) groups is 1. The normalized spacial score (nSPS) is 18.4. The number of aryl methyl sites for hydroxylation is 1. The van der Waals surface area contributed by atoms with Crippen LogP contribution >= 0.6 is 0 Å². The summed E-state index contributed by atoms with van der Waals surface area (Å²) in [5.41, 5.74) is 0.918. The van der Waals surface area contributed by atoms with Crippen LogP contribution in [0.2, 0.25) is 0 Å². The van der Waals surface area contributed by atoms with Crippen LogP contribution in [0.1, 0.15) is 30.2 Å². The first kappa shape index (κ1) is 14.6. The first-order valence-corrected chi connectivity index (χ1v) is 7.45. The molecule has 22 heavy (non-hydrogen) atoms. The van der Waals surface area contributed by atoms with Gasteiger partial charge in [0.05, 0.1) is 19.6 Å². The number of amides is 1. The van der Waals surface area contributed by atoms with Crippen LogP contribution in [0.4, 0.5) is 0 Å². The van der Waals surface area contributed by atoms with Crippen molar-refractivity contribution in [2.75, 3.05) is 19.7 Å². The molecular formula is C15H19N5O2. The van der Waals surface area contributed by atoms with Crippen LogP contribution in [-0.2, 0) is 22.4 Å². The highest BCUT2D eigenvalue weighted by atomic mass is 16.5. The predicted octanol–water partition coefficient (Wildman–Crippen LogP) is 0.905. The van der Waals surface area contributed by atoms with E-state index in [2.05, 4.69) is 20.2 Å². The Hall–Kier alpha value is -2.28. The minimum absolute atomic E-state index is 0.0764. The van der Waals surface area contributed by atoms with Crippen molar-refractivity contribution in [2.24, 2.45) is 0 Å². The quantitative estimate of drug-likeness (QED) is 0.907. The molecule has 0 spiro atoms. The molecule has 0 aliphatic carbocycles. The van der Waals surface area contributed by atoms with Gasteiger partial charge in [-0.3, -0.25) is 14.9 Å². The summed E-state index contributed by atoms with van der Waals surface area (Å²) in [6, 6.07) is 3.75.